The van der Waals surface area contributed by atoms with Gasteiger partial charge in [0.05, 0.1) is 12.1 Å². The molecule has 0 N–H and O–H groups in total. The summed E-state index contributed by atoms with van der Waals surface area (Å²) < 4.78 is 29.8. The monoisotopic (exact) mass is 318 g/mol. The van der Waals surface area contributed by atoms with Crippen molar-refractivity contribution in [1.82, 2.24) is 0 Å². The second kappa shape index (κ2) is 5.32. The quantitative estimate of drug-likeness (QED) is 0.734. The topological polar surface area (TPSA) is 9.23 Å². The molecule has 0 amide bonds. The van der Waals surface area contributed by atoms with Crippen LogP contribution in [-0.2, 0) is 0 Å². The molecule has 0 fully saturated rings. The van der Waals surface area contributed by atoms with Crippen molar-refractivity contribution < 1.29 is 13.5 Å². The minimum absolute atomic E-state index is 0.193. The molecular weight excluding hydrogens is 313 g/mol. The number of halogens is 5. The Morgan fingerprint density at radius 2 is 1.87 bits per heavy atom. The summed E-state index contributed by atoms with van der Waals surface area (Å²) in [5.41, 5.74) is 0.248. The summed E-state index contributed by atoms with van der Waals surface area (Å²) in [5, 5.41) is 0.445. The molecule has 0 aromatic heterocycles. The van der Waals surface area contributed by atoms with Gasteiger partial charge in [-0.15, -0.1) is 0 Å². The van der Waals surface area contributed by atoms with Crippen molar-refractivity contribution in [1.29, 1.82) is 0 Å². The predicted octanol–water partition coefficient (Wildman–Crippen LogP) is 4.70. The minimum atomic E-state index is -2.55. The Morgan fingerprint density at radius 3 is 2.33 bits per heavy atom. The molecule has 0 spiro atoms. The van der Waals surface area contributed by atoms with Crippen molar-refractivity contribution in [3.05, 3.63) is 27.7 Å². The third-order valence-corrected chi connectivity index (χ3v) is 3.31. The maximum Gasteiger partial charge on any atom is 0.255 e. The van der Waals surface area contributed by atoms with Gasteiger partial charge in [-0.1, -0.05) is 39.1 Å². The van der Waals surface area contributed by atoms with Gasteiger partial charge in [0.1, 0.15) is 10.6 Å². The second-order valence-corrected chi connectivity index (χ2v) is 4.55. The fourth-order valence-electron chi connectivity index (χ4n) is 1.05. The second-order valence-electron chi connectivity index (χ2n) is 2.74. The first kappa shape index (κ1) is 13.0. The van der Waals surface area contributed by atoms with Crippen LogP contribution in [-0.4, -0.2) is 13.5 Å². The van der Waals surface area contributed by atoms with Crippen LogP contribution in [0.5, 0.6) is 5.75 Å². The van der Waals surface area contributed by atoms with E-state index in [1.807, 2.05) is 0 Å². The van der Waals surface area contributed by atoms with Crippen LogP contribution >= 0.6 is 39.1 Å². The fraction of sp³-hybridized carbons (Fsp3) is 0.333. The summed E-state index contributed by atoms with van der Waals surface area (Å²) in [5.74, 6) is 0.361. The maximum absolute atomic E-state index is 12.4. The van der Waals surface area contributed by atoms with Crippen LogP contribution in [0.15, 0.2) is 12.1 Å². The van der Waals surface area contributed by atoms with Crippen LogP contribution in [0.25, 0.3) is 0 Å². The van der Waals surface area contributed by atoms with E-state index in [0.717, 1.165) is 0 Å². The van der Waals surface area contributed by atoms with Crippen LogP contribution in [0.1, 0.15) is 10.4 Å². The maximum atomic E-state index is 12.4. The zero-order chi connectivity index (χ0) is 11.6. The Hall–Kier alpha value is -0.0600. The number of rotatable bonds is 3. The van der Waals surface area contributed by atoms with Gasteiger partial charge in [-0.25, -0.2) is 8.78 Å². The molecule has 0 saturated heterocycles. The number of hydrogen-bond donors (Lipinski definition) is 0. The van der Waals surface area contributed by atoms with E-state index < -0.39 is 11.3 Å². The normalized spacial score (nSPS) is 13.0. The highest BCUT2D eigenvalue weighted by Crippen LogP contribution is 2.39. The Bertz CT molecular complexity index is 360. The molecule has 0 aliphatic rings. The van der Waals surface area contributed by atoms with Crippen molar-refractivity contribution in [2.45, 2.75) is 11.3 Å². The van der Waals surface area contributed by atoms with Gasteiger partial charge in [0.25, 0.3) is 6.43 Å². The average molecular weight is 320 g/mol. The van der Waals surface area contributed by atoms with E-state index >= 15 is 0 Å². The van der Waals surface area contributed by atoms with Gasteiger partial charge in [-0.3, -0.25) is 0 Å². The summed E-state index contributed by atoms with van der Waals surface area (Å²) in [6.07, 6.45) is -2.55. The summed E-state index contributed by atoms with van der Waals surface area (Å²) in [6, 6.07) is 2.78. The molecule has 0 radical (unpaired) electrons. The molecule has 0 aliphatic heterocycles. The van der Waals surface area contributed by atoms with Gasteiger partial charge >= 0.3 is 0 Å². The molecule has 0 heterocycles. The molecule has 1 rings (SSSR count). The average Bonchev–Trinajstić information content (AvgIpc) is 2.19. The molecule has 1 atom stereocenters. The van der Waals surface area contributed by atoms with Gasteiger partial charge in [0.2, 0.25) is 0 Å². The number of alkyl halides is 3. The number of ether oxygens (including phenoxy) is 1. The number of benzene rings is 1. The van der Waals surface area contributed by atoms with E-state index in [1.165, 1.54) is 19.2 Å². The van der Waals surface area contributed by atoms with Gasteiger partial charge in [-0.05, 0) is 11.6 Å². The number of methoxy groups -OCH3 is 1. The first-order valence-electron chi connectivity index (χ1n) is 3.92. The van der Waals surface area contributed by atoms with Gasteiger partial charge < -0.3 is 4.74 Å². The molecular formula is C9H7BrCl2F2O. The van der Waals surface area contributed by atoms with Crippen LogP contribution < -0.4 is 4.74 Å². The van der Waals surface area contributed by atoms with Gasteiger partial charge in [0.15, 0.2) is 0 Å². The SMILES string of the molecule is COc1cc(Cl)c(C(Br)C(F)F)cc1Cl. The van der Waals surface area contributed by atoms with E-state index in [2.05, 4.69) is 15.9 Å². The summed E-state index contributed by atoms with van der Waals surface area (Å²) in [6.45, 7) is 0. The largest absolute Gasteiger partial charge is 0.495 e. The zero-order valence-corrected chi connectivity index (χ0v) is 10.7. The van der Waals surface area contributed by atoms with Crippen molar-refractivity contribution in [2.75, 3.05) is 7.11 Å². The summed E-state index contributed by atoms with van der Waals surface area (Å²) in [4.78, 5) is -1.13. The number of hydrogen-bond acceptors (Lipinski definition) is 1. The lowest BCUT2D eigenvalue weighted by molar-refractivity contribution is 0.147. The van der Waals surface area contributed by atoms with Crippen LogP contribution in [0.3, 0.4) is 0 Å². The lowest BCUT2D eigenvalue weighted by atomic mass is 10.1. The highest BCUT2D eigenvalue weighted by molar-refractivity contribution is 9.09. The van der Waals surface area contributed by atoms with Gasteiger partial charge in [-0.2, -0.15) is 0 Å². The molecule has 1 aromatic carbocycles. The third kappa shape index (κ3) is 2.95. The highest BCUT2D eigenvalue weighted by atomic mass is 79.9. The Labute approximate surface area is 104 Å². The highest BCUT2D eigenvalue weighted by Gasteiger charge is 2.22. The lowest BCUT2D eigenvalue weighted by Crippen LogP contribution is -2.02. The Kier molecular flexibility index (Phi) is 4.62. The standard InChI is InChI=1S/C9H7BrCl2F2O/c1-15-7-3-5(11)4(2-6(7)12)8(10)9(13)14/h2-3,8-9H,1H3. The van der Waals surface area contributed by atoms with Crippen LogP contribution in [0.2, 0.25) is 10.0 Å². The zero-order valence-electron chi connectivity index (χ0n) is 7.61. The van der Waals surface area contributed by atoms with Crippen molar-refractivity contribution in [2.24, 2.45) is 0 Å². The smallest absolute Gasteiger partial charge is 0.255 e. The molecule has 15 heavy (non-hydrogen) atoms. The van der Waals surface area contributed by atoms with Crippen molar-refractivity contribution in [3.63, 3.8) is 0 Å². The molecule has 0 bridgehead atoms. The fourth-order valence-corrected chi connectivity index (χ4v) is 2.08. The van der Waals surface area contributed by atoms with Crippen LogP contribution in [0, 0.1) is 0 Å². The van der Waals surface area contributed by atoms with Crippen molar-refractivity contribution >= 4 is 39.1 Å². The molecule has 0 saturated carbocycles. The summed E-state index contributed by atoms with van der Waals surface area (Å²) >= 11 is 14.5. The minimum Gasteiger partial charge on any atom is -0.495 e. The van der Waals surface area contributed by atoms with E-state index in [4.69, 9.17) is 27.9 Å². The first-order valence-corrected chi connectivity index (χ1v) is 5.59. The summed E-state index contributed by atoms with van der Waals surface area (Å²) in [7, 11) is 1.43. The molecule has 1 unspecified atom stereocenters. The Balaban J connectivity index is 3.15. The van der Waals surface area contributed by atoms with Crippen LogP contribution in [0.4, 0.5) is 8.78 Å². The molecule has 1 aromatic rings. The van der Waals surface area contributed by atoms with E-state index in [1.54, 1.807) is 0 Å². The third-order valence-electron chi connectivity index (χ3n) is 1.79. The van der Waals surface area contributed by atoms with Crippen molar-refractivity contribution in [3.8, 4) is 5.75 Å². The van der Waals surface area contributed by atoms with E-state index in [-0.39, 0.29) is 15.6 Å². The predicted molar refractivity (Wildman–Crippen MR) is 60.7 cm³/mol. The first-order chi connectivity index (χ1) is 6.97. The lowest BCUT2D eigenvalue weighted by Gasteiger charge is -2.13. The van der Waals surface area contributed by atoms with Gasteiger partial charge in [0, 0.05) is 11.1 Å². The molecule has 84 valence electrons. The molecule has 0 aliphatic carbocycles. The molecule has 6 heteroatoms. The van der Waals surface area contributed by atoms with E-state index in [9.17, 15) is 8.78 Å². The molecule has 1 nitrogen and oxygen atoms in total. The van der Waals surface area contributed by atoms with E-state index in [0.29, 0.717) is 5.75 Å². The Morgan fingerprint density at radius 1 is 1.27 bits per heavy atom.